The summed E-state index contributed by atoms with van der Waals surface area (Å²) in [5.74, 6) is -0.813. The number of rotatable bonds is 6. The molecule has 2 atom stereocenters. The van der Waals surface area contributed by atoms with Crippen molar-refractivity contribution in [3.8, 4) is 0 Å². The average molecular weight is 296 g/mol. The normalized spacial score (nSPS) is 17.9. The lowest BCUT2D eigenvalue weighted by molar-refractivity contribution is -0.141. The van der Waals surface area contributed by atoms with Gasteiger partial charge in [0.25, 0.3) is 0 Å². The summed E-state index contributed by atoms with van der Waals surface area (Å²) in [4.78, 5) is 11.1. The molecule has 1 aliphatic rings. The van der Waals surface area contributed by atoms with Crippen LogP contribution >= 0.6 is 0 Å². The maximum absolute atomic E-state index is 11.1. The Morgan fingerprint density at radius 1 is 1.14 bits per heavy atom. The maximum atomic E-state index is 11.1. The van der Waals surface area contributed by atoms with Gasteiger partial charge < -0.3 is 9.84 Å². The van der Waals surface area contributed by atoms with Crippen LogP contribution in [0.1, 0.15) is 35.6 Å². The number of ether oxygens (including phenoxy) is 1. The molecule has 0 saturated heterocycles. The summed E-state index contributed by atoms with van der Waals surface area (Å²) >= 11 is 0. The number of aliphatic carboxylic acids is 1. The van der Waals surface area contributed by atoms with Gasteiger partial charge in [-0.1, -0.05) is 54.6 Å². The highest BCUT2D eigenvalue weighted by atomic mass is 16.5. The molecule has 3 nitrogen and oxygen atoms in total. The standard InChI is InChI=1S/C19H20O3/c20-19(21)13-16(12-14-6-2-1-3-7-14)22-18-11-10-15-8-4-5-9-17(15)18/h1-9,16,18H,10-13H2,(H,20,21). The van der Waals surface area contributed by atoms with Gasteiger partial charge in [0, 0.05) is 0 Å². The topological polar surface area (TPSA) is 46.5 Å². The number of carboxylic acids is 1. The summed E-state index contributed by atoms with van der Waals surface area (Å²) in [5, 5.41) is 9.15. The monoisotopic (exact) mass is 296 g/mol. The molecule has 0 bridgehead atoms. The molecule has 3 rings (SSSR count). The third-order valence-electron chi connectivity index (χ3n) is 4.14. The summed E-state index contributed by atoms with van der Waals surface area (Å²) in [7, 11) is 0. The zero-order chi connectivity index (χ0) is 15.4. The fourth-order valence-electron chi connectivity index (χ4n) is 3.13. The van der Waals surface area contributed by atoms with Crippen LogP contribution in [0.25, 0.3) is 0 Å². The maximum Gasteiger partial charge on any atom is 0.305 e. The van der Waals surface area contributed by atoms with Crippen LogP contribution < -0.4 is 0 Å². The van der Waals surface area contributed by atoms with Gasteiger partial charge >= 0.3 is 5.97 Å². The number of fused-ring (bicyclic) bond motifs is 1. The molecule has 0 radical (unpaired) electrons. The molecule has 0 spiro atoms. The fraction of sp³-hybridized carbons (Fsp3) is 0.316. The average Bonchev–Trinajstić information content (AvgIpc) is 2.91. The van der Waals surface area contributed by atoms with Gasteiger partial charge in [0.2, 0.25) is 0 Å². The van der Waals surface area contributed by atoms with E-state index in [1.807, 2.05) is 42.5 Å². The molecule has 2 unspecified atom stereocenters. The zero-order valence-corrected chi connectivity index (χ0v) is 12.4. The molecule has 2 aromatic rings. The molecular weight excluding hydrogens is 276 g/mol. The first-order valence-electron chi connectivity index (χ1n) is 7.71. The van der Waals surface area contributed by atoms with Crippen LogP contribution in [0.15, 0.2) is 54.6 Å². The van der Waals surface area contributed by atoms with Gasteiger partial charge in [0.05, 0.1) is 18.6 Å². The van der Waals surface area contributed by atoms with Crippen LogP contribution in [0.3, 0.4) is 0 Å². The Morgan fingerprint density at radius 3 is 2.64 bits per heavy atom. The number of hydrogen-bond donors (Lipinski definition) is 1. The van der Waals surface area contributed by atoms with Crippen molar-refractivity contribution in [2.24, 2.45) is 0 Å². The minimum absolute atomic E-state index is 0.0178. The highest BCUT2D eigenvalue weighted by Gasteiger charge is 2.26. The van der Waals surface area contributed by atoms with Gasteiger partial charge in [0.15, 0.2) is 0 Å². The SMILES string of the molecule is O=C(O)CC(Cc1ccccc1)OC1CCc2ccccc21. The Balaban J connectivity index is 1.72. The van der Waals surface area contributed by atoms with Crippen LogP contribution in [0.4, 0.5) is 0 Å². The lowest BCUT2D eigenvalue weighted by Gasteiger charge is -2.22. The number of aryl methyl sites for hydroxylation is 1. The second-order valence-electron chi connectivity index (χ2n) is 5.77. The van der Waals surface area contributed by atoms with Crippen LogP contribution in [0, 0.1) is 0 Å². The Morgan fingerprint density at radius 2 is 1.86 bits per heavy atom. The Hall–Kier alpha value is -2.13. The first-order chi connectivity index (χ1) is 10.7. The molecule has 0 aliphatic heterocycles. The molecular formula is C19H20O3. The van der Waals surface area contributed by atoms with E-state index in [1.54, 1.807) is 0 Å². The zero-order valence-electron chi connectivity index (χ0n) is 12.4. The van der Waals surface area contributed by atoms with Crippen molar-refractivity contribution in [2.45, 2.75) is 37.9 Å². The van der Waals surface area contributed by atoms with Crippen LogP contribution in [-0.4, -0.2) is 17.2 Å². The molecule has 3 heteroatoms. The van der Waals surface area contributed by atoms with Crippen molar-refractivity contribution < 1.29 is 14.6 Å². The predicted molar refractivity (Wildman–Crippen MR) is 84.8 cm³/mol. The van der Waals surface area contributed by atoms with Crippen molar-refractivity contribution in [1.29, 1.82) is 0 Å². The minimum Gasteiger partial charge on any atom is -0.481 e. The van der Waals surface area contributed by atoms with E-state index in [1.165, 1.54) is 11.1 Å². The molecule has 0 amide bonds. The molecule has 0 fully saturated rings. The summed E-state index contributed by atoms with van der Waals surface area (Å²) in [5.41, 5.74) is 3.65. The molecule has 0 aromatic heterocycles. The first-order valence-corrected chi connectivity index (χ1v) is 7.71. The van der Waals surface area contributed by atoms with Gasteiger partial charge in [0.1, 0.15) is 0 Å². The summed E-state index contributed by atoms with van der Waals surface area (Å²) in [6.07, 6.45) is 2.33. The first kappa shape index (κ1) is 14.8. The smallest absolute Gasteiger partial charge is 0.305 e. The van der Waals surface area contributed by atoms with E-state index >= 15 is 0 Å². The van der Waals surface area contributed by atoms with Crippen LogP contribution in [0.2, 0.25) is 0 Å². The van der Waals surface area contributed by atoms with E-state index in [0.717, 1.165) is 18.4 Å². The van der Waals surface area contributed by atoms with Gasteiger partial charge in [-0.3, -0.25) is 4.79 Å². The van der Waals surface area contributed by atoms with Crippen molar-refractivity contribution in [3.05, 3.63) is 71.3 Å². The Kier molecular flexibility index (Phi) is 4.54. The molecule has 2 aromatic carbocycles. The van der Waals surface area contributed by atoms with Gasteiger partial charge in [-0.2, -0.15) is 0 Å². The van der Waals surface area contributed by atoms with E-state index < -0.39 is 5.97 Å². The van der Waals surface area contributed by atoms with Crippen molar-refractivity contribution in [1.82, 2.24) is 0 Å². The summed E-state index contributed by atoms with van der Waals surface area (Å²) in [6, 6.07) is 18.2. The van der Waals surface area contributed by atoms with E-state index in [9.17, 15) is 4.79 Å². The highest BCUT2D eigenvalue weighted by Crippen LogP contribution is 2.35. The number of hydrogen-bond acceptors (Lipinski definition) is 2. The fourth-order valence-corrected chi connectivity index (χ4v) is 3.13. The lowest BCUT2D eigenvalue weighted by Crippen LogP contribution is -2.22. The molecule has 1 aliphatic carbocycles. The molecule has 1 N–H and O–H groups in total. The lowest BCUT2D eigenvalue weighted by atomic mass is 10.0. The Bertz CT molecular complexity index is 636. The second-order valence-corrected chi connectivity index (χ2v) is 5.77. The van der Waals surface area contributed by atoms with E-state index in [-0.39, 0.29) is 18.6 Å². The largest absolute Gasteiger partial charge is 0.481 e. The molecule has 114 valence electrons. The quantitative estimate of drug-likeness (QED) is 0.882. The van der Waals surface area contributed by atoms with Crippen LogP contribution in [0.5, 0.6) is 0 Å². The van der Waals surface area contributed by atoms with E-state index in [4.69, 9.17) is 9.84 Å². The third-order valence-corrected chi connectivity index (χ3v) is 4.14. The van der Waals surface area contributed by atoms with Gasteiger partial charge in [-0.05, 0) is 36.0 Å². The number of benzene rings is 2. The summed E-state index contributed by atoms with van der Waals surface area (Å²) in [6.45, 7) is 0. The van der Waals surface area contributed by atoms with Gasteiger partial charge in [-0.25, -0.2) is 0 Å². The van der Waals surface area contributed by atoms with Crippen molar-refractivity contribution in [3.63, 3.8) is 0 Å². The third kappa shape index (κ3) is 3.55. The molecule has 0 saturated carbocycles. The number of carboxylic acid groups (broad SMARTS) is 1. The second kappa shape index (κ2) is 6.75. The molecule has 22 heavy (non-hydrogen) atoms. The van der Waals surface area contributed by atoms with Gasteiger partial charge in [-0.15, -0.1) is 0 Å². The number of carbonyl (C=O) groups is 1. The van der Waals surface area contributed by atoms with Crippen molar-refractivity contribution >= 4 is 5.97 Å². The van der Waals surface area contributed by atoms with Crippen molar-refractivity contribution in [2.75, 3.05) is 0 Å². The predicted octanol–water partition coefficient (Wildman–Crippen LogP) is 3.78. The highest BCUT2D eigenvalue weighted by molar-refractivity contribution is 5.67. The van der Waals surface area contributed by atoms with Crippen LogP contribution in [-0.2, 0) is 22.4 Å². The van der Waals surface area contributed by atoms with E-state index in [2.05, 4.69) is 12.1 Å². The molecule has 0 heterocycles. The Labute approximate surface area is 130 Å². The van der Waals surface area contributed by atoms with E-state index in [0.29, 0.717) is 6.42 Å². The summed E-state index contributed by atoms with van der Waals surface area (Å²) < 4.78 is 6.17. The minimum atomic E-state index is -0.813.